The summed E-state index contributed by atoms with van der Waals surface area (Å²) in [4.78, 5) is 12.7. The van der Waals surface area contributed by atoms with E-state index in [4.69, 9.17) is 16.3 Å². The zero-order valence-corrected chi connectivity index (χ0v) is 18.1. The van der Waals surface area contributed by atoms with Crippen molar-refractivity contribution in [3.8, 4) is 5.75 Å². The molecular weight excluding hydrogens is 412 g/mol. The predicted molar refractivity (Wildman–Crippen MR) is 114 cm³/mol. The number of halogens is 1. The molecule has 29 heavy (non-hydrogen) atoms. The lowest BCUT2D eigenvalue weighted by Crippen LogP contribution is -2.39. The van der Waals surface area contributed by atoms with Crippen LogP contribution in [0.2, 0.25) is 5.02 Å². The highest BCUT2D eigenvalue weighted by Gasteiger charge is 2.31. The quantitative estimate of drug-likeness (QED) is 0.727. The summed E-state index contributed by atoms with van der Waals surface area (Å²) >= 11 is 6.21. The third-order valence-corrected chi connectivity index (χ3v) is 7.21. The van der Waals surface area contributed by atoms with Crippen LogP contribution in [0.15, 0.2) is 47.4 Å². The van der Waals surface area contributed by atoms with Gasteiger partial charge in [-0.25, -0.2) is 8.42 Å². The Kier molecular flexibility index (Phi) is 6.82. The second-order valence-electron chi connectivity index (χ2n) is 7.14. The van der Waals surface area contributed by atoms with Crippen LogP contribution in [0.4, 0.5) is 5.69 Å². The van der Waals surface area contributed by atoms with Crippen LogP contribution in [-0.2, 0) is 10.0 Å². The highest BCUT2D eigenvalue weighted by Crippen LogP contribution is 2.30. The van der Waals surface area contributed by atoms with Gasteiger partial charge in [0.15, 0.2) is 0 Å². The normalized spacial score (nSPS) is 17.7. The molecule has 1 aliphatic heterocycles. The van der Waals surface area contributed by atoms with E-state index < -0.39 is 15.9 Å². The molecule has 1 aliphatic rings. The third-order valence-electron chi connectivity index (χ3n) is 4.87. The molecule has 0 aromatic heterocycles. The van der Waals surface area contributed by atoms with E-state index in [1.807, 2.05) is 19.9 Å². The molecule has 0 bridgehead atoms. The Hall–Kier alpha value is -2.09. The summed E-state index contributed by atoms with van der Waals surface area (Å²) in [6, 6.07) is 11.4. The molecule has 6 nitrogen and oxygen atoms in total. The summed E-state index contributed by atoms with van der Waals surface area (Å²) in [5, 5.41) is 2.89. The Bertz CT molecular complexity index is 994. The van der Waals surface area contributed by atoms with Crippen LogP contribution in [0.25, 0.3) is 0 Å². The second kappa shape index (κ2) is 9.15. The minimum absolute atomic E-state index is 0.0426. The smallest absolute Gasteiger partial charge is 0.255 e. The van der Waals surface area contributed by atoms with E-state index in [9.17, 15) is 13.2 Å². The first-order chi connectivity index (χ1) is 13.8. The third kappa shape index (κ3) is 4.91. The van der Waals surface area contributed by atoms with Gasteiger partial charge in [0.05, 0.1) is 17.3 Å². The fraction of sp³-hybridized carbons (Fsp3) is 0.381. The van der Waals surface area contributed by atoms with Crippen molar-refractivity contribution in [2.24, 2.45) is 5.92 Å². The number of nitrogens with zero attached hydrogens (tertiary/aromatic N) is 1. The van der Waals surface area contributed by atoms with Gasteiger partial charge in [0.1, 0.15) is 10.6 Å². The molecule has 0 radical (unpaired) electrons. The highest BCUT2D eigenvalue weighted by atomic mass is 35.5. The van der Waals surface area contributed by atoms with E-state index in [0.717, 1.165) is 12.8 Å². The van der Waals surface area contributed by atoms with Crippen molar-refractivity contribution in [3.63, 3.8) is 0 Å². The van der Waals surface area contributed by atoms with Crippen molar-refractivity contribution in [3.05, 3.63) is 53.1 Å². The van der Waals surface area contributed by atoms with Crippen LogP contribution < -0.4 is 10.1 Å². The number of carbonyl (C=O) groups is 1. The van der Waals surface area contributed by atoms with E-state index in [2.05, 4.69) is 5.32 Å². The van der Waals surface area contributed by atoms with Crippen molar-refractivity contribution in [1.82, 2.24) is 4.31 Å². The van der Waals surface area contributed by atoms with Gasteiger partial charge in [-0.2, -0.15) is 4.31 Å². The molecule has 1 amide bonds. The number of para-hydroxylation sites is 2. The van der Waals surface area contributed by atoms with E-state index in [1.165, 1.54) is 22.5 Å². The van der Waals surface area contributed by atoms with Crippen molar-refractivity contribution < 1.29 is 17.9 Å². The molecule has 1 heterocycles. The van der Waals surface area contributed by atoms with E-state index in [0.29, 0.717) is 37.1 Å². The molecule has 0 saturated carbocycles. The second-order valence-corrected chi connectivity index (χ2v) is 9.45. The lowest BCUT2D eigenvalue weighted by atomic mass is 10.0. The number of amides is 1. The summed E-state index contributed by atoms with van der Waals surface area (Å²) in [5.41, 5.74) is 0.730. The molecule has 3 rings (SSSR count). The van der Waals surface area contributed by atoms with Crippen molar-refractivity contribution in [1.29, 1.82) is 0 Å². The number of hydrogen-bond donors (Lipinski definition) is 1. The maximum Gasteiger partial charge on any atom is 0.255 e. The van der Waals surface area contributed by atoms with Crippen LogP contribution in [-0.4, -0.2) is 38.3 Å². The summed E-state index contributed by atoms with van der Waals surface area (Å²) < 4.78 is 33.2. The van der Waals surface area contributed by atoms with Gasteiger partial charge < -0.3 is 10.1 Å². The van der Waals surface area contributed by atoms with E-state index in [-0.39, 0.29) is 15.5 Å². The number of hydrogen-bond acceptors (Lipinski definition) is 4. The molecular formula is C21H25ClN2O4S. The molecule has 1 N–H and O–H groups in total. The maximum atomic E-state index is 13.1. The molecule has 1 saturated heterocycles. The van der Waals surface area contributed by atoms with Crippen molar-refractivity contribution in [2.45, 2.75) is 31.6 Å². The Morgan fingerprint density at radius 3 is 2.76 bits per heavy atom. The number of carbonyl (C=O) groups excluding carboxylic acids is 1. The number of benzene rings is 2. The van der Waals surface area contributed by atoms with Gasteiger partial charge in [-0.05, 0) is 56.0 Å². The number of sulfonamides is 1. The van der Waals surface area contributed by atoms with Gasteiger partial charge in [-0.1, -0.05) is 30.7 Å². The van der Waals surface area contributed by atoms with Gasteiger partial charge >= 0.3 is 0 Å². The number of anilines is 1. The topological polar surface area (TPSA) is 75.7 Å². The lowest BCUT2D eigenvalue weighted by Gasteiger charge is -2.30. The van der Waals surface area contributed by atoms with Crippen LogP contribution >= 0.6 is 11.6 Å². The van der Waals surface area contributed by atoms with E-state index >= 15 is 0 Å². The standard InChI is InChI=1S/C21H25ClN2O4S/c1-3-28-19-9-5-4-8-18(19)23-21(25)16-10-11-17(22)20(13-16)29(26,27)24-12-6-7-15(2)14-24/h4-5,8-11,13,15H,3,6-7,12,14H2,1-2H3,(H,23,25)/t15-/m0/s1. The Morgan fingerprint density at radius 1 is 1.28 bits per heavy atom. The average Bonchev–Trinajstić information content (AvgIpc) is 2.70. The largest absolute Gasteiger partial charge is 0.492 e. The summed E-state index contributed by atoms with van der Waals surface area (Å²) in [6.07, 6.45) is 1.81. The van der Waals surface area contributed by atoms with Gasteiger partial charge in [0, 0.05) is 18.7 Å². The predicted octanol–water partition coefficient (Wildman–Crippen LogP) is 4.41. The highest BCUT2D eigenvalue weighted by molar-refractivity contribution is 7.89. The Labute approximate surface area is 176 Å². The van der Waals surface area contributed by atoms with Gasteiger partial charge in [-0.3, -0.25) is 4.79 Å². The SMILES string of the molecule is CCOc1ccccc1NC(=O)c1ccc(Cl)c(S(=O)(=O)N2CCC[C@H](C)C2)c1. The van der Waals surface area contributed by atoms with Crippen LogP contribution in [0.3, 0.4) is 0 Å². The minimum Gasteiger partial charge on any atom is -0.492 e. The molecule has 156 valence electrons. The molecule has 2 aromatic rings. The first-order valence-corrected chi connectivity index (χ1v) is 11.5. The zero-order valence-electron chi connectivity index (χ0n) is 16.5. The summed E-state index contributed by atoms with van der Waals surface area (Å²) in [6.45, 7) is 5.27. The van der Waals surface area contributed by atoms with Crippen molar-refractivity contribution >= 4 is 33.2 Å². The number of ether oxygens (including phenoxy) is 1. The molecule has 0 spiro atoms. The first kappa shape index (κ1) is 21.6. The first-order valence-electron chi connectivity index (χ1n) is 9.65. The Balaban J connectivity index is 1.88. The average molecular weight is 437 g/mol. The van der Waals surface area contributed by atoms with Crippen molar-refractivity contribution in [2.75, 3.05) is 25.0 Å². The van der Waals surface area contributed by atoms with Crippen LogP contribution in [0.1, 0.15) is 37.0 Å². The van der Waals surface area contributed by atoms with Gasteiger partial charge in [0.25, 0.3) is 5.91 Å². The molecule has 8 heteroatoms. The number of nitrogens with one attached hydrogen (secondary N) is 1. The lowest BCUT2D eigenvalue weighted by molar-refractivity contribution is 0.102. The maximum absolute atomic E-state index is 13.1. The van der Waals surface area contributed by atoms with Crippen LogP contribution in [0.5, 0.6) is 5.75 Å². The molecule has 1 fully saturated rings. The fourth-order valence-electron chi connectivity index (χ4n) is 3.39. The minimum atomic E-state index is -3.77. The van der Waals surface area contributed by atoms with Crippen LogP contribution in [0, 0.1) is 5.92 Å². The number of rotatable bonds is 6. The fourth-order valence-corrected chi connectivity index (χ4v) is 5.49. The molecule has 1 atom stereocenters. The monoisotopic (exact) mass is 436 g/mol. The summed E-state index contributed by atoms with van der Waals surface area (Å²) in [7, 11) is -3.77. The van der Waals surface area contributed by atoms with E-state index in [1.54, 1.807) is 18.2 Å². The molecule has 0 unspecified atom stereocenters. The summed E-state index contributed by atoms with van der Waals surface area (Å²) in [5.74, 6) is 0.406. The Morgan fingerprint density at radius 2 is 2.03 bits per heavy atom. The number of piperidine rings is 1. The molecule has 2 aromatic carbocycles. The zero-order chi connectivity index (χ0) is 21.0. The van der Waals surface area contributed by atoms with Gasteiger partial charge in [-0.15, -0.1) is 0 Å². The molecule has 0 aliphatic carbocycles. The van der Waals surface area contributed by atoms with Gasteiger partial charge in [0.2, 0.25) is 10.0 Å².